The highest BCUT2D eigenvalue weighted by molar-refractivity contribution is 5.93. The molecule has 8 N–H and O–H groups in total. The Labute approximate surface area is 196 Å². The van der Waals surface area contributed by atoms with Gasteiger partial charge in [0.05, 0.1) is 12.4 Å². The average Bonchev–Trinajstić information content (AvgIpc) is 3.33. The minimum atomic E-state index is -1.02. The van der Waals surface area contributed by atoms with Gasteiger partial charge in [-0.2, -0.15) is 0 Å². The maximum Gasteiger partial charge on any atom is 0.243 e. The normalized spacial score (nSPS) is 13.4. The van der Waals surface area contributed by atoms with E-state index in [1.165, 1.54) is 18.5 Å². The monoisotopic (exact) mass is 464 g/mol. The van der Waals surface area contributed by atoms with Gasteiger partial charge < -0.3 is 32.2 Å². The largest absolute Gasteiger partial charge is 0.508 e. The Hall–Kier alpha value is -4.18. The third-order valence-electron chi connectivity index (χ3n) is 5.28. The Kier molecular flexibility index (Phi) is 8.36. The van der Waals surface area contributed by atoms with Crippen molar-refractivity contribution in [2.75, 3.05) is 0 Å². The number of phenolic OH excluding ortho intramolecular Hbond substituents is 1. The molecule has 1 heterocycles. The third kappa shape index (κ3) is 7.17. The van der Waals surface area contributed by atoms with Crippen LogP contribution in [0, 0.1) is 0 Å². The van der Waals surface area contributed by atoms with Crippen molar-refractivity contribution in [1.29, 1.82) is 0 Å². The molecule has 3 amide bonds. The van der Waals surface area contributed by atoms with Crippen molar-refractivity contribution in [1.82, 2.24) is 20.6 Å². The highest BCUT2D eigenvalue weighted by Crippen LogP contribution is 2.12. The van der Waals surface area contributed by atoms with E-state index in [9.17, 15) is 19.5 Å². The number of aromatic amines is 1. The number of primary amides is 1. The molecule has 3 atom stereocenters. The van der Waals surface area contributed by atoms with Crippen LogP contribution in [0.15, 0.2) is 67.1 Å². The number of rotatable bonds is 11. The van der Waals surface area contributed by atoms with Crippen molar-refractivity contribution in [2.24, 2.45) is 11.5 Å². The standard InChI is InChI=1S/C24H28N6O4/c25-19(10-15-4-2-1-3-5-15)23(33)30-21(12-17-13-27-14-28-17)24(34)29-20(22(26)32)11-16-6-8-18(31)9-7-16/h1-9,13-14,19-21,31H,10-12,25H2,(H2,26,32)(H,27,28)(H,29,34)(H,30,33). The van der Waals surface area contributed by atoms with E-state index >= 15 is 0 Å². The zero-order chi connectivity index (χ0) is 24.5. The minimum absolute atomic E-state index is 0.0811. The van der Waals surface area contributed by atoms with Crippen LogP contribution in [0.25, 0.3) is 0 Å². The smallest absolute Gasteiger partial charge is 0.243 e. The summed E-state index contributed by atoms with van der Waals surface area (Å²) in [6.07, 6.45) is 3.54. The van der Waals surface area contributed by atoms with Crippen LogP contribution in [0.2, 0.25) is 0 Å². The zero-order valence-electron chi connectivity index (χ0n) is 18.5. The number of hydrogen-bond acceptors (Lipinski definition) is 6. The first-order valence-electron chi connectivity index (χ1n) is 10.8. The SMILES string of the molecule is NC(=O)C(Cc1ccc(O)cc1)NC(=O)C(Cc1cnc[nH]1)NC(=O)C(N)Cc1ccccc1. The number of benzene rings is 2. The Morgan fingerprint density at radius 3 is 2.15 bits per heavy atom. The second kappa shape index (κ2) is 11.6. The molecule has 0 aliphatic carbocycles. The van der Waals surface area contributed by atoms with Crippen molar-refractivity contribution in [3.8, 4) is 5.75 Å². The van der Waals surface area contributed by atoms with Crippen LogP contribution in [0.5, 0.6) is 5.75 Å². The first kappa shape index (κ1) is 24.5. The summed E-state index contributed by atoms with van der Waals surface area (Å²) in [4.78, 5) is 44.7. The van der Waals surface area contributed by atoms with Crippen LogP contribution in [-0.2, 0) is 33.6 Å². The lowest BCUT2D eigenvalue weighted by Gasteiger charge is -2.23. The van der Waals surface area contributed by atoms with Gasteiger partial charge in [0.15, 0.2) is 0 Å². The first-order chi connectivity index (χ1) is 16.3. The number of hydrogen-bond donors (Lipinski definition) is 6. The summed E-state index contributed by atoms with van der Waals surface area (Å²) in [6, 6.07) is 12.6. The van der Waals surface area contributed by atoms with Crippen molar-refractivity contribution >= 4 is 17.7 Å². The molecule has 0 bridgehead atoms. The Morgan fingerprint density at radius 2 is 1.53 bits per heavy atom. The lowest BCUT2D eigenvalue weighted by atomic mass is 10.0. The highest BCUT2D eigenvalue weighted by Gasteiger charge is 2.28. The predicted molar refractivity (Wildman–Crippen MR) is 125 cm³/mol. The van der Waals surface area contributed by atoms with Crippen molar-refractivity contribution in [3.05, 3.63) is 83.9 Å². The molecular formula is C24H28N6O4. The highest BCUT2D eigenvalue weighted by atomic mass is 16.3. The summed E-state index contributed by atoms with van der Waals surface area (Å²) >= 11 is 0. The number of amides is 3. The maximum atomic E-state index is 13.1. The molecule has 10 heteroatoms. The molecular weight excluding hydrogens is 436 g/mol. The Bertz CT molecular complexity index is 1090. The van der Waals surface area contributed by atoms with E-state index < -0.39 is 35.8 Å². The molecule has 0 fully saturated rings. The number of H-pyrrole nitrogens is 1. The number of aromatic hydroxyl groups is 1. The summed E-state index contributed by atoms with van der Waals surface area (Å²) in [5, 5.41) is 14.7. The fraction of sp³-hybridized carbons (Fsp3) is 0.250. The van der Waals surface area contributed by atoms with Gasteiger partial charge in [0, 0.05) is 24.7 Å². The number of nitrogens with two attached hydrogens (primary N) is 2. The van der Waals surface area contributed by atoms with E-state index in [2.05, 4.69) is 20.6 Å². The van der Waals surface area contributed by atoms with Crippen LogP contribution in [0.4, 0.5) is 0 Å². The van der Waals surface area contributed by atoms with Gasteiger partial charge in [0.2, 0.25) is 17.7 Å². The summed E-state index contributed by atoms with van der Waals surface area (Å²) in [5.74, 6) is -1.73. The number of phenols is 1. The van der Waals surface area contributed by atoms with Crippen LogP contribution >= 0.6 is 0 Å². The topological polar surface area (TPSA) is 176 Å². The number of carbonyl (C=O) groups is 3. The van der Waals surface area contributed by atoms with E-state index in [0.29, 0.717) is 17.7 Å². The van der Waals surface area contributed by atoms with Gasteiger partial charge in [-0.25, -0.2) is 4.98 Å². The lowest BCUT2D eigenvalue weighted by Crippen LogP contribution is -2.56. The lowest BCUT2D eigenvalue weighted by molar-refractivity contribution is -0.131. The molecule has 3 aromatic rings. The average molecular weight is 465 g/mol. The Balaban J connectivity index is 1.70. The third-order valence-corrected chi connectivity index (χ3v) is 5.28. The van der Waals surface area contributed by atoms with E-state index in [1.807, 2.05) is 30.3 Å². The van der Waals surface area contributed by atoms with Gasteiger partial charge in [0.25, 0.3) is 0 Å². The summed E-state index contributed by atoms with van der Waals surface area (Å²) in [5.41, 5.74) is 13.8. The fourth-order valence-corrected chi connectivity index (χ4v) is 3.43. The van der Waals surface area contributed by atoms with Gasteiger partial charge in [-0.05, 0) is 29.7 Å². The molecule has 1 aromatic heterocycles. The minimum Gasteiger partial charge on any atom is -0.508 e. The van der Waals surface area contributed by atoms with Crippen LogP contribution in [0.1, 0.15) is 16.8 Å². The first-order valence-corrected chi connectivity index (χ1v) is 10.8. The molecule has 3 rings (SSSR count). The molecule has 0 saturated carbocycles. The van der Waals surface area contributed by atoms with Gasteiger partial charge in [-0.3, -0.25) is 14.4 Å². The number of carbonyl (C=O) groups excluding carboxylic acids is 3. The summed E-state index contributed by atoms with van der Waals surface area (Å²) < 4.78 is 0. The number of nitrogens with one attached hydrogen (secondary N) is 3. The van der Waals surface area contributed by atoms with E-state index in [1.54, 1.807) is 18.3 Å². The molecule has 3 unspecified atom stereocenters. The quantitative estimate of drug-likeness (QED) is 0.231. The van der Waals surface area contributed by atoms with Gasteiger partial charge in [0.1, 0.15) is 17.8 Å². The number of nitrogens with zero attached hydrogens (tertiary/aromatic N) is 1. The van der Waals surface area contributed by atoms with Crippen LogP contribution < -0.4 is 22.1 Å². The van der Waals surface area contributed by atoms with Gasteiger partial charge in [-0.1, -0.05) is 42.5 Å². The number of aromatic nitrogens is 2. The molecule has 0 saturated heterocycles. The molecule has 0 aliphatic rings. The second-order valence-corrected chi connectivity index (χ2v) is 7.97. The van der Waals surface area contributed by atoms with E-state index in [0.717, 1.165) is 5.56 Å². The molecule has 0 radical (unpaired) electrons. The fourth-order valence-electron chi connectivity index (χ4n) is 3.43. The van der Waals surface area contributed by atoms with E-state index in [-0.39, 0.29) is 18.6 Å². The van der Waals surface area contributed by atoms with Crippen molar-refractivity contribution in [3.63, 3.8) is 0 Å². The molecule has 2 aromatic carbocycles. The van der Waals surface area contributed by atoms with Gasteiger partial charge >= 0.3 is 0 Å². The van der Waals surface area contributed by atoms with Crippen molar-refractivity contribution < 1.29 is 19.5 Å². The molecule has 0 aliphatic heterocycles. The second-order valence-electron chi connectivity index (χ2n) is 7.97. The zero-order valence-corrected chi connectivity index (χ0v) is 18.5. The van der Waals surface area contributed by atoms with Crippen LogP contribution in [-0.4, -0.2) is 50.9 Å². The number of imidazole rings is 1. The summed E-state index contributed by atoms with van der Waals surface area (Å²) in [6.45, 7) is 0. The summed E-state index contributed by atoms with van der Waals surface area (Å²) in [7, 11) is 0. The maximum absolute atomic E-state index is 13.1. The molecule has 10 nitrogen and oxygen atoms in total. The molecule has 178 valence electrons. The Morgan fingerprint density at radius 1 is 0.882 bits per heavy atom. The van der Waals surface area contributed by atoms with Crippen LogP contribution in [0.3, 0.4) is 0 Å². The van der Waals surface area contributed by atoms with Crippen molar-refractivity contribution in [2.45, 2.75) is 37.4 Å². The molecule has 0 spiro atoms. The van der Waals surface area contributed by atoms with E-state index in [4.69, 9.17) is 11.5 Å². The van der Waals surface area contributed by atoms with Gasteiger partial charge in [-0.15, -0.1) is 0 Å². The predicted octanol–water partition coefficient (Wildman–Crippen LogP) is -0.0746. The molecule has 34 heavy (non-hydrogen) atoms.